The number of rotatable bonds is 3. The van der Waals surface area contributed by atoms with Crippen molar-refractivity contribution in [3.05, 3.63) is 51.5 Å². The van der Waals surface area contributed by atoms with E-state index in [1.54, 1.807) is 0 Å². The van der Waals surface area contributed by atoms with Crippen LogP contribution in [0.2, 0.25) is 0 Å². The van der Waals surface area contributed by atoms with Gasteiger partial charge in [0.25, 0.3) is 5.91 Å². The molecule has 1 aromatic carbocycles. The lowest BCUT2D eigenvalue weighted by atomic mass is 9.99. The molecule has 1 atom stereocenters. The van der Waals surface area contributed by atoms with E-state index in [1.165, 1.54) is 22.5 Å². The van der Waals surface area contributed by atoms with Crippen molar-refractivity contribution in [2.45, 2.75) is 32.4 Å². The Morgan fingerprint density at radius 2 is 2.29 bits per heavy atom. The number of aryl methyl sites for hydroxylation is 1. The lowest BCUT2D eigenvalue weighted by Gasteiger charge is -2.25. The van der Waals surface area contributed by atoms with Crippen molar-refractivity contribution in [3.63, 3.8) is 0 Å². The van der Waals surface area contributed by atoms with E-state index < -0.39 is 0 Å². The Balaban J connectivity index is 1.87. The minimum absolute atomic E-state index is 0.0247. The summed E-state index contributed by atoms with van der Waals surface area (Å²) in [4.78, 5) is 19.0. The Morgan fingerprint density at radius 1 is 1.48 bits per heavy atom. The van der Waals surface area contributed by atoms with Crippen LogP contribution >= 0.6 is 11.3 Å². The van der Waals surface area contributed by atoms with Crippen molar-refractivity contribution in [1.82, 2.24) is 9.88 Å². The molecule has 0 bridgehead atoms. The number of carbonyl (C=O) groups is 1. The van der Waals surface area contributed by atoms with E-state index in [2.05, 4.69) is 24.0 Å². The van der Waals surface area contributed by atoms with E-state index in [0.29, 0.717) is 12.2 Å². The normalized spacial score (nSPS) is 18.2. The first-order valence-corrected chi connectivity index (χ1v) is 8.09. The highest BCUT2D eigenvalue weighted by Gasteiger charge is 2.32. The number of nitrogens with zero attached hydrogens (tertiary/aromatic N) is 2. The summed E-state index contributed by atoms with van der Waals surface area (Å²) in [5.41, 5.74) is 8.59. The summed E-state index contributed by atoms with van der Waals surface area (Å²) < 4.78 is 0. The first-order valence-electron chi connectivity index (χ1n) is 7.21. The highest BCUT2D eigenvalue weighted by Crippen LogP contribution is 2.34. The fourth-order valence-corrected chi connectivity index (χ4v) is 3.59. The van der Waals surface area contributed by atoms with Crippen LogP contribution in [-0.4, -0.2) is 22.3 Å². The first kappa shape index (κ1) is 14.2. The molecule has 0 unspecified atom stereocenters. The van der Waals surface area contributed by atoms with Crippen molar-refractivity contribution in [3.8, 4) is 0 Å². The summed E-state index contributed by atoms with van der Waals surface area (Å²) in [6, 6.07) is 8.47. The predicted octanol–water partition coefficient (Wildman–Crippen LogP) is 2.89. The van der Waals surface area contributed by atoms with Crippen LogP contribution in [0.15, 0.2) is 29.6 Å². The summed E-state index contributed by atoms with van der Waals surface area (Å²) in [7, 11) is 0. The molecule has 3 rings (SSSR count). The van der Waals surface area contributed by atoms with Crippen molar-refractivity contribution >= 4 is 17.2 Å². The third kappa shape index (κ3) is 2.71. The van der Waals surface area contributed by atoms with Gasteiger partial charge >= 0.3 is 0 Å². The number of aromatic nitrogens is 1. The quantitative estimate of drug-likeness (QED) is 0.948. The topological polar surface area (TPSA) is 59.2 Å². The zero-order valence-corrected chi connectivity index (χ0v) is 12.9. The second kappa shape index (κ2) is 5.95. The standard InChI is InChI=1S/C16H19N3OS/c1-11-5-2-3-6-12(11)14-7-4-8-19(14)16(20)13-10-21-15(9-17)18-13/h2-3,5-6,10,14H,4,7-9,17H2,1H3/t14-/m1/s1. The fourth-order valence-electron chi connectivity index (χ4n) is 2.94. The molecule has 0 saturated carbocycles. The van der Waals surface area contributed by atoms with Gasteiger partial charge in [-0.1, -0.05) is 24.3 Å². The van der Waals surface area contributed by atoms with Gasteiger partial charge in [0, 0.05) is 18.5 Å². The van der Waals surface area contributed by atoms with E-state index in [0.717, 1.165) is 24.4 Å². The van der Waals surface area contributed by atoms with Crippen LogP contribution in [0.4, 0.5) is 0 Å². The highest BCUT2D eigenvalue weighted by atomic mass is 32.1. The minimum Gasteiger partial charge on any atom is -0.330 e. The molecule has 1 aliphatic heterocycles. The molecule has 0 radical (unpaired) electrons. The van der Waals surface area contributed by atoms with Crippen LogP contribution in [0.5, 0.6) is 0 Å². The molecule has 2 N–H and O–H groups in total. The number of benzene rings is 1. The van der Waals surface area contributed by atoms with Crippen LogP contribution in [0.25, 0.3) is 0 Å². The molecule has 1 saturated heterocycles. The van der Waals surface area contributed by atoms with Gasteiger partial charge in [0.1, 0.15) is 10.7 Å². The Hall–Kier alpha value is -1.72. The van der Waals surface area contributed by atoms with E-state index in [9.17, 15) is 4.79 Å². The summed E-state index contributed by atoms with van der Waals surface area (Å²) in [6.45, 7) is 3.29. The summed E-state index contributed by atoms with van der Waals surface area (Å²) in [5, 5.41) is 2.63. The Kier molecular flexibility index (Phi) is 4.03. The van der Waals surface area contributed by atoms with Gasteiger partial charge in [-0.15, -0.1) is 11.3 Å². The van der Waals surface area contributed by atoms with Crippen molar-refractivity contribution in [1.29, 1.82) is 0 Å². The number of hydrogen-bond acceptors (Lipinski definition) is 4. The number of hydrogen-bond donors (Lipinski definition) is 1. The van der Waals surface area contributed by atoms with E-state index >= 15 is 0 Å². The van der Waals surface area contributed by atoms with E-state index in [4.69, 9.17) is 5.73 Å². The molecule has 21 heavy (non-hydrogen) atoms. The summed E-state index contributed by atoms with van der Waals surface area (Å²) in [6.07, 6.45) is 2.06. The highest BCUT2D eigenvalue weighted by molar-refractivity contribution is 7.09. The van der Waals surface area contributed by atoms with Gasteiger partial charge < -0.3 is 10.6 Å². The predicted molar refractivity (Wildman–Crippen MR) is 84.2 cm³/mol. The van der Waals surface area contributed by atoms with E-state index in [1.807, 2.05) is 22.4 Å². The van der Waals surface area contributed by atoms with Gasteiger partial charge in [0.2, 0.25) is 0 Å². The van der Waals surface area contributed by atoms with Crippen LogP contribution in [-0.2, 0) is 6.54 Å². The Bertz CT molecular complexity index is 652. The molecule has 1 fully saturated rings. The Morgan fingerprint density at radius 3 is 3.00 bits per heavy atom. The Labute approximate surface area is 128 Å². The number of carbonyl (C=O) groups excluding carboxylic acids is 1. The molecule has 1 aromatic heterocycles. The maximum absolute atomic E-state index is 12.7. The third-order valence-electron chi connectivity index (χ3n) is 4.01. The van der Waals surface area contributed by atoms with Crippen LogP contribution in [0.1, 0.15) is 45.5 Å². The third-order valence-corrected chi connectivity index (χ3v) is 4.88. The number of nitrogens with two attached hydrogens (primary N) is 1. The van der Waals surface area contributed by atoms with Crippen molar-refractivity contribution in [2.24, 2.45) is 5.73 Å². The number of amides is 1. The molecule has 5 heteroatoms. The summed E-state index contributed by atoms with van der Waals surface area (Å²) in [5.74, 6) is 0.0247. The average molecular weight is 301 g/mol. The van der Waals surface area contributed by atoms with Gasteiger partial charge in [-0.2, -0.15) is 0 Å². The lowest BCUT2D eigenvalue weighted by molar-refractivity contribution is 0.0730. The zero-order chi connectivity index (χ0) is 14.8. The first-order chi connectivity index (χ1) is 10.2. The molecule has 110 valence electrons. The molecule has 1 amide bonds. The van der Waals surface area contributed by atoms with Crippen molar-refractivity contribution in [2.75, 3.05) is 6.54 Å². The van der Waals surface area contributed by atoms with Gasteiger partial charge in [-0.05, 0) is 30.9 Å². The maximum atomic E-state index is 12.7. The van der Waals surface area contributed by atoms with Gasteiger partial charge in [-0.25, -0.2) is 4.98 Å². The zero-order valence-electron chi connectivity index (χ0n) is 12.1. The summed E-state index contributed by atoms with van der Waals surface area (Å²) >= 11 is 1.45. The SMILES string of the molecule is Cc1ccccc1[C@H]1CCCN1C(=O)c1csc(CN)n1. The molecule has 4 nitrogen and oxygen atoms in total. The number of likely N-dealkylation sites (tertiary alicyclic amines) is 1. The lowest BCUT2D eigenvalue weighted by Crippen LogP contribution is -2.31. The second-order valence-electron chi connectivity index (χ2n) is 5.34. The molecular weight excluding hydrogens is 282 g/mol. The van der Waals surface area contributed by atoms with Gasteiger partial charge in [0.05, 0.1) is 6.04 Å². The van der Waals surface area contributed by atoms with Crippen LogP contribution < -0.4 is 5.73 Å². The fraction of sp³-hybridized carbons (Fsp3) is 0.375. The molecular formula is C16H19N3OS. The molecule has 2 heterocycles. The average Bonchev–Trinajstić information content (AvgIpc) is 3.16. The minimum atomic E-state index is 0.0247. The second-order valence-corrected chi connectivity index (χ2v) is 6.29. The monoisotopic (exact) mass is 301 g/mol. The molecule has 1 aliphatic rings. The van der Waals surface area contributed by atoms with Gasteiger partial charge in [-0.3, -0.25) is 4.79 Å². The largest absolute Gasteiger partial charge is 0.330 e. The van der Waals surface area contributed by atoms with Crippen LogP contribution in [0.3, 0.4) is 0 Å². The molecule has 0 spiro atoms. The van der Waals surface area contributed by atoms with Crippen molar-refractivity contribution < 1.29 is 4.79 Å². The van der Waals surface area contributed by atoms with Gasteiger partial charge in [0.15, 0.2) is 0 Å². The molecule has 2 aromatic rings. The van der Waals surface area contributed by atoms with Crippen LogP contribution in [0, 0.1) is 6.92 Å². The number of thiazole rings is 1. The smallest absolute Gasteiger partial charge is 0.273 e. The van der Waals surface area contributed by atoms with E-state index in [-0.39, 0.29) is 11.9 Å². The maximum Gasteiger partial charge on any atom is 0.273 e. The molecule has 0 aliphatic carbocycles.